The largest absolute Gasteiger partial charge is 0.322 e. The summed E-state index contributed by atoms with van der Waals surface area (Å²) >= 11 is 2.02. The lowest BCUT2D eigenvalue weighted by Gasteiger charge is -2.37. The zero-order chi connectivity index (χ0) is 12.5. The van der Waals surface area contributed by atoms with Gasteiger partial charge in [-0.15, -0.1) is 0 Å². The maximum absolute atomic E-state index is 12.4. The number of hydrogen-bond donors (Lipinski definition) is 1. The molecule has 1 amide bonds. The normalized spacial score (nSPS) is 38.6. The molecule has 3 aliphatic rings. The molecule has 3 unspecified atom stereocenters. The van der Waals surface area contributed by atoms with Crippen LogP contribution < -0.4 is 5.32 Å². The predicted molar refractivity (Wildman–Crippen MR) is 75.5 cm³/mol. The lowest BCUT2D eigenvalue weighted by atomic mass is 10.0. The Morgan fingerprint density at radius 3 is 2.67 bits per heavy atom. The first-order valence-electron chi connectivity index (χ1n) is 7.43. The van der Waals surface area contributed by atoms with Crippen molar-refractivity contribution in [1.82, 2.24) is 10.2 Å². The zero-order valence-electron chi connectivity index (χ0n) is 11.2. The molecule has 0 radical (unpaired) electrons. The van der Waals surface area contributed by atoms with Crippen molar-refractivity contribution in [3.63, 3.8) is 0 Å². The first-order valence-corrected chi connectivity index (χ1v) is 8.59. The highest BCUT2D eigenvalue weighted by molar-refractivity contribution is 7.99. The van der Waals surface area contributed by atoms with E-state index in [1.165, 1.54) is 44.3 Å². The molecule has 0 aromatic heterocycles. The Balaban J connectivity index is 1.75. The molecule has 2 aliphatic heterocycles. The molecule has 3 nitrogen and oxygen atoms in total. The highest BCUT2D eigenvalue weighted by atomic mass is 32.2. The number of carbonyl (C=O) groups is 1. The van der Waals surface area contributed by atoms with Gasteiger partial charge in [0.05, 0.1) is 12.2 Å². The standard InChI is InChI=1S/C14H24N2OS/c1-10-14(17)16(12-7-4-8-18-9-12)13(15-10)11-5-2-3-6-11/h10-13,15H,2-9H2,1H3. The molecule has 1 N–H and O–H groups in total. The molecular formula is C14H24N2OS. The molecule has 1 saturated carbocycles. The average molecular weight is 268 g/mol. The molecule has 2 heterocycles. The zero-order valence-corrected chi connectivity index (χ0v) is 12.0. The summed E-state index contributed by atoms with van der Waals surface area (Å²) in [6.45, 7) is 2.03. The van der Waals surface area contributed by atoms with Crippen LogP contribution in [0.25, 0.3) is 0 Å². The fourth-order valence-corrected chi connectivity index (χ4v) is 4.89. The maximum Gasteiger partial charge on any atom is 0.241 e. The fraction of sp³-hybridized carbons (Fsp3) is 0.929. The first kappa shape index (κ1) is 12.8. The maximum atomic E-state index is 12.4. The highest BCUT2D eigenvalue weighted by Crippen LogP contribution is 2.35. The van der Waals surface area contributed by atoms with E-state index >= 15 is 0 Å². The van der Waals surface area contributed by atoms with Gasteiger partial charge >= 0.3 is 0 Å². The van der Waals surface area contributed by atoms with Crippen molar-refractivity contribution in [2.75, 3.05) is 11.5 Å². The van der Waals surface area contributed by atoms with Crippen molar-refractivity contribution >= 4 is 17.7 Å². The summed E-state index contributed by atoms with van der Waals surface area (Å²) in [5.74, 6) is 3.46. The van der Waals surface area contributed by atoms with Crippen LogP contribution in [-0.4, -0.2) is 40.6 Å². The quantitative estimate of drug-likeness (QED) is 0.833. The van der Waals surface area contributed by atoms with Crippen LogP contribution in [0.5, 0.6) is 0 Å². The molecule has 2 saturated heterocycles. The fourth-order valence-electron chi connectivity index (χ4n) is 3.75. The van der Waals surface area contributed by atoms with Gasteiger partial charge in [0.1, 0.15) is 0 Å². The van der Waals surface area contributed by atoms with E-state index in [1.807, 2.05) is 18.7 Å². The summed E-state index contributed by atoms with van der Waals surface area (Å²) in [5, 5.41) is 3.56. The van der Waals surface area contributed by atoms with Crippen LogP contribution in [0.1, 0.15) is 45.4 Å². The summed E-state index contributed by atoms with van der Waals surface area (Å²) in [6, 6.07) is 0.516. The Kier molecular flexibility index (Phi) is 3.85. The van der Waals surface area contributed by atoms with Crippen LogP contribution in [0.4, 0.5) is 0 Å². The molecule has 4 heteroatoms. The van der Waals surface area contributed by atoms with Crippen LogP contribution in [0.2, 0.25) is 0 Å². The molecular weight excluding hydrogens is 244 g/mol. The number of rotatable bonds is 2. The lowest BCUT2D eigenvalue weighted by molar-refractivity contribution is -0.132. The summed E-state index contributed by atoms with van der Waals surface area (Å²) in [5.41, 5.74) is 0. The van der Waals surface area contributed by atoms with Crippen LogP contribution in [0.15, 0.2) is 0 Å². The van der Waals surface area contributed by atoms with Gasteiger partial charge in [-0.05, 0) is 44.3 Å². The van der Waals surface area contributed by atoms with Gasteiger partial charge in [0, 0.05) is 11.8 Å². The molecule has 0 spiro atoms. The van der Waals surface area contributed by atoms with Crippen LogP contribution >= 0.6 is 11.8 Å². The van der Waals surface area contributed by atoms with Crippen molar-refractivity contribution in [1.29, 1.82) is 0 Å². The van der Waals surface area contributed by atoms with Crippen molar-refractivity contribution in [2.45, 2.75) is 63.7 Å². The van der Waals surface area contributed by atoms with E-state index in [4.69, 9.17) is 0 Å². The Morgan fingerprint density at radius 1 is 1.22 bits per heavy atom. The third-order valence-electron chi connectivity index (χ3n) is 4.72. The second-order valence-corrected chi connectivity index (χ2v) is 7.14. The second-order valence-electron chi connectivity index (χ2n) is 5.99. The number of hydrogen-bond acceptors (Lipinski definition) is 3. The van der Waals surface area contributed by atoms with Gasteiger partial charge in [-0.2, -0.15) is 11.8 Å². The Morgan fingerprint density at radius 2 is 2.00 bits per heavy atom. The van der Waals surface area contributed by atoms with Crippen molar-refractivity contribution in [2.24, 2.45) is 5.92 Å². The number of amides is 1. The topological polar surface area (TPSA) is 32.3 Å². The van der Waals surface area contributed by atoms with E-state index in [0.29, 0.717) is 24.0 Å². The number of carbonyl (C=O) groups excluding carboxylic acids is 1. The third kappa shape index (κ3) is 2.29. The number of thioether (sulfide) groups is 1. The number of nitrogens with zero attached hydrogens (tertiary/aromatic N) is 1. The predicted octanol–water partition coefficient (Wildman–Crippen LogP) is 2.22. The van der Waals surface area contributed by atoms with Gasteiger partial charge in [-0.1, -0.05) is 12.8 Å². The average Bonchev–Trinajstić information content (AvgIpc) is 3.00. The van der Waals surface area contributed by atoms with Crippen molar-refractivity contribution in [3.05, 3.63) is 0 Å². The van der Waals surface area contributed by atoms with E-state index < -0.39 is 0 Å². The molecule has 0 aromatic carbocycles. The Labute approximate surface area is 114 Å². The smallest absolute Gasteiger partial charge is 0.241 e. The Bertz CT molecular complexity index is 311. The first-order chi connectivity index (χ1) is 8.77. The summed E-state index contributed by atoms with van der Waals surface area (Å²) in [6.07, 6.45) is 8.10. The summed E-state index contributed by atoms with van der Waals surface area (Å²) < 4.78 is 0. The lowest BCUT2D eigenvalue weighted by Crippen LogP contribution is -2.49. The summed E-state index contributed by atoms with van der Waals surface area (Å²) in [4.78, 5) is 14.7. The molecule has 3 fully saturated rings. The van der Waals surface area contributed by atoms with E-state index in [2.05, 4.69) is 10.2 Å². The molecule has 0 aromatic rings. The molecule has 0 bridgehead atoms. The van der Waals surface area contributed by atoms with Crippen molar-refractivity contribution < 1.29 is 4.79 Å². The minimum atomic E-state index is 0.0301. The van der Waals surface area contributed by atoms with E-state index in [1.54, 1.807) is 0 Å². The van der Waals surface area contributed by atoms with E-state index in [9.17, 15) is 4.79 Å². The highest BCUT2D eigenvalue weighted by Gasteiger charge is 2.44. The molecule has 3 atom stereocenters. The van der Waals surface area contributed by atoms with Crippen LogP contribution in [-0.2, 0) is 4.79 Å². The van der Waals surface area contributed by atoms with Gasteiger partial charge in [-0.3, -0.25) is 10.1 Å². The minimum absolute atomic E-state index is 0.0301. The van der Waals surface area contributed by atoms with Crippen LogP contribution in [0, 0.1) is 5.92 Å². The second kappa shape index (κ2) is 5.41. The molecule has 102 valence electrons. The summed E-state index contributed by atoms with van der Waals surface area (Å²) in [7, 11) is 0. The van der Waals surface area contributed by atoms with Gasteiger partial charge in [0.2, 0.25) is 5.91 Å². The molecule has 18 heavy (non-hydrogen) atoms. The SMILES string of the molecule is CC1NC(C2CCCC2)N(C2CCCSC2)C1=O. The monoisotopic (exact) mass is 268 g/mol. The molecule has 1 aliphatic carbocycles. The van der Waals surface area contributed by atoms with Gasteiger partial charge in [0.15, 0.2) is 0 Å². The van der Waals surface area contributed by atoms with Gasteiger partial charge in [-0.25, -0.2) is 0 Å². The number of nitrogens with one attached hydrogen (secondary N) is 1. The van der Waals surface area contributed by atoms with E-state index in [-0.39, 0.29) is 6.04 Å². The van der Waals surface area contributed by atoms with Gasteiger partial charge in [0.25, 0.3) is 0 Å². The van der Waals surface area contributed by atoms with E-state index in [0.717, 1.165) is 5.75 Å². The minimum Gasteiger partial charge on any atom is -0.322 e. The third-order valence-corrected chi connectivity index (χ3v) is 5.92. The van der Waals surface area contributed by atoms with Crippen LogP contribution in [0.3, 0.4) is 0 Å². The Hall–Kier alpha value is -0.220. The van der Waals surface area contributed by atoms with Crippen molar-refractivity contribution in [3.8, 4) is 0 Å². The molecule has 3 rings (SSSR count). The van der Waals surface area contributed by atoms with Gasteiger partial charge < -0.3 is 4.90 Å².